The molecule has 1 aliphatic rings. The van der Waals surface area contributed by atoms with Crippen molar-refractivity contribution in [3.63, 3.8) is 0 Å². The standard InChI is InChI=1S/C17H23F3N2O/c1-11-5-3-6-12(2)16(11)22-15(23)10-21-14-8-4-7-13(9-14)17(18,19)20/h3,5-6,13-14,21H,4,7-10H2,1-2H3,(H,22,23). The number of alkyl halides is 3. The number of para-hydroxylation sites is 1. The summed E-state index contributed by atoms with van der Waals surface area (Å²) >= 11 is 0. The monoisotopic (exact) mass is 328 g/mol. The Bertz CT molecular complexity index is 537. The highest BCUT2D eigenvalue weighted by Gasteiger charge is 2.42. The molecule has 2 atom stereocenters. The molecule has 3 nitrogen and oxygen atoms in total. The first-order chi connectivity index (χ1) is 10.8. The topological polar surface area (TPSA) is 41.1 Å². The summed E-state index contributed by atoms with van der Waals surface area (Å²) in [6.07, 6.45) is -2.67. The summed E-state index contributed by atoms with van der Waals surface area (Å²) < 4.78 is 38.3. The van der Waals surface area contributed by atoms with E-state index in [9.17, 15) is 18.0 Å². The highest BCUT2D eigenvalue weighted by Crippen LogP contribution is 2.37. The number of halogens is 3. The summed E-state index contributed by atoms with van der Waals surface area (Å²) in [6.45, 7) is 3.85. The van der Waals surface area contributed by atoms with Gasteiger partial charge in [0, 0.05) is 11.7 Å². The smallest absolute Gasteiger partial charge is 0.324 e. The van der Waals surface area contributed by atoms with Gasteiger partial charge in [-0.25, -0.2) is 0 Å². The summed E-state index contributed by atoms with van der Waals surface area (Å²) in [6, 6.07) is 5.48. The van der Waals surface area contributed by atoms with Crippen LogP contribution in [0.15, 0.2) is 18.2 Å². The van der Waals surface area contributed by atoms with Gasteiger partial charge in [0.25, 0.3) is 0 Å². The van der Waals surface area contributed by atoms with E-state index in [1.165, 1.54) is 0 Å². The van der Waals surface area contributed by atoms with Crippen molar-refractivity contribution in [1.29, 1.82) is 0 Å². The number of nitrogens with one attached hydrogen (secondary N) is 2. The lowest BCUT2D eigenvalue weighted by Gasteiger charge is -2.31. The first-order valence-corrected chi connectivity index (χ1v) is 7.93. The normalized spacial score (nSPS) is 22.0. The highest BCUT2D eigenvalue weighted by molar-refractivity contribution is 5.93. The first-order valence-electron chi connectivity index (χ1n) is 7.93. The Morgan fingerprint density at radius 2 is 1.87 bits per heavy atom. The lowest BCUT2D eigenvalue weighted by Crippen LogP contribution is -2.42. The van der Waals surface area contributed by atoms with E-state index in [2.05, 4.69) is 10.6 Å². The molecule has 6 heteroatoms. The Morgan fingerprint density at radius 1 is 1.22 bits per heavy atom. The number of rotatable bonds is 4. The molecule has 1 aromatic rings. The second kappa shape index (κ2) is 7.34. The molecule has 1 amide bonds. The molecular weight excluding hydrogens is 305 g/mol. The second-order valence-electron chi connectivity index (χ2n) is 6.30. The Morgan fingerprint density at radius 3 is 2.48 bits per heavy atom. The van der Waals surface area contributed by atoms with Gasteiger partial charge in [0.2, 0.25) is 5.91 Å². The van der Waals surface area contributed by atoms with Crippen LogP contribution in [0.1, 0.15) is 36.8 Å². The molecule has 0 radical (unpaired) electrons. The summed E-state index contributed by atoms with van der Waals surface area (Å²) in [5, 5.41) is 5.81. The van der Waals surface area contributed by atoms with Crippen molar-refractivity contribution in [2.24, 2.45) is 5.92 Å². The van der Waals surface area contributed by atoms with Crippen LogP contribution in [0.4, 0.5) is 18.9 Å². The van der Waals surface area contributed by atoms with Crippen LogP contribution in [-0.2, 0) is 4.79 Å². The third-order valence-electron chi connectivity index (χ3n) is 4.43. The highest BCUT2D eigenvalue weighted by atomic mass is 19.4. The van der Waals surface area contributed by atoms with Crippen LogP contribution in [-0.4, -0.2) is 24.7 Å². The Balaban J connectivity index is 1.85. The average Bonchev–Trinajstić information content (AvgIpc) is 2.48. The van der Waals surface area contributed by atoms with Crippen molar-refractivity contribution in [3.05, 3.63) is 29.3 Å². The Labute approximate surface area is 134 Å². The van der Waals surface area contributed by atoms with Crippen LogP contribution in [0.25, 0.3) is 0 Å². The predicted octanol–water partition coefficient (Wildman–Crippen LogP) is 3.95. The van der Waals surface area contributed by atoms with E-state index in [-0.39, 0.29) is 31.3 Å². The van der Waals surface area contributed by atoms with Gasteiger partial charge in [-0.2, -0.15) is 13.2 Å². The van der Waals surface area contributed by atoms with Gasteiger partial charge in [0.1, 0.15) is 0 Å². The molecule has 1 aliphatic carbocycles. The predicted molar refractivity (Wildman–Crippen MR) is 84.3 cm³/mol. The van der Waals surface area contributed by atoms with E-state index in [0.717, 1.165) is 16.8 Å². The maximum atomic E-state index is 12.8. The number of aryl methyl sites for hydroxylation is 2. The summed E-state index contributed by atoms with van der Waals surface area (Å²) in [5.41, 5.74) is 2.71. The Hall–Kier alpha value is -1.56. The molecule has 2 rings (SSSR count). The number of carbonyl (C=O) groups is 1. The molecular formula is C17H23F3N2O. The second-order valence-corrected chi connectivity index (χ2v) is 6.30. The van der Waals surface area contributed by atoms with E-state index in [1.54, 1.807) is 0 Å². The third-order valence-corrected chi connectivity index (χ3v) is 4.43. The van der Waals surface area contributed by atoms with Crippen molar-refractivity contribution >= 4 is 11.6 Å². The maximum Gasteiger partial charge on any atom is 0.391 e. The molecule has 128 valence electrons. The molecule has 0 saturated heterocycles. The third kappa shape index (κ3) is 4.96. The molecule has 23 heavy (non-hydrogen) atoms. The molecule has 1 aromatic carbocycles. The average molecular weight is 328 g/mol. The molecule has 2 unspecified atom stereocenters. The fourth-order valence-corrected chi connectivity index (χ4v) is 3.10. The summed E-state index contributed by atoms with van der Waals surface area (Å²) in [4.78, 5) is 12.0. The number of benzene rings is 1. The largest absolute Gasteiger partial charge is 0.391 e. The first kappa shape index (κ1) is 17.8. The van der Waals surface area contributed by atoms with Gasteiger partial charge in [-0.05, 0) is 44.2 Å². The van der Waals surface area contributed by atoms with Crippen LogP contribution in [0, 0.1) is 19.8 Å². The fraction of sp³-hybridized carbons (Fsp3) is 0.588. The van der Waals surface area contributed by atoms with Gasteiger partial charge in [-0.1, -0.05) is 24.6 Å². The van der Waals surface area contributed by atoms with Gasteiger partial charge in [0.15, 0.2) is 0 Å². The number of anilines is 1. The number of hydrogen-bond acceptors (Lipinski definition) is 2. The lowest BCUT2D eigenvalue weighted by molar-refractivity contribution is -0.183. The van der Waals surface area contributed by atoms with Crippen LogP contribution >= 0.6 is 0 Å². The fourth-order valence-electron chi connectivity index (χ4n) is 3.10. The van der Waals surface area contributed by atoms with Gasteiger partial charge < -0.3 is 10.6 Å². The van der Waals surface area contributed by atoms with Crippen LogP contribution in [0.3, 0.4) is 0 Å². The van der Waals surface area contributed by atoms with Gasteiger partial charge >= 0.3 is 6.18 Å². The zero-order valence-electron chi connectivity index (χ0n) is 13.5. The van der Waals surface area contributed by atoms with Gasteiger partial charge in [0.05, 0.1) is 12.5 Å². The zero-order chi connectivity index (χ0) is 17.0. The van der Waals surface area contributed by atoms with Crippen LogP contribution in [0.5, 0.6) is 0 Å². The van der Waals surface area contributed by atoms with Crippen molar-refractivity contribution < 1.29 is 18.0 Å². The summed E-state index contributed by atoms with van der Waals surface area (Å²) in [7, 11) is 0. The minimum absolute atomic E-state index is 0.0308. The summed E-state index contributed by atoms with van der Waals surface area (Å²) in [5.74, 6) is -1.48. The van der Waals surface area contributed by atoms with Gasteiger partial charge in [-0.3, -0.25) is 4.79 Å². The number of hydrogen-bond donors (Lipinski definition) is 2. The molecule has 1 saturated carbocycles. The molecule has 0 aromatic heterocycles. The molecule has 0 aliphatic heterocycles. The molecule has 1 fully saturated rings. The van der Waals surface area contributed by atoms with E-state index >= 15 is 0 Å². The van der Waals surface area contributed by atoms with E-state index < -0.39 is 12.1 Å². The molecule has 0 bridgehead atoms. The van der Waals surface area contributed by atoms with Crippen molar-refractivity contribution in [2.75, 3.05) is 11.9 Å². The van der Waals surface area contributed by atoms with E-state index in [0.29, 0.717) is 12.8 Å². The quantitative estimate of drug-likeness (QED) is 0.878. The minimum Gasteiger partial charge on any atom is -0.324 e. The number of amides is 1. The van der Waals surface area contributed by atoms with Gasteiger partial charge in [-0.15, -0.1) is 0 Å². The van der Waals surface area contributed by atoms with E-state index in [4.69, 9.17) is 0 Å². The number of carbonyl (C=O) groups excluding carboxylic acids is 1. The van der Waals surface area contributed by atoms with E-state index in [1.807, 2.05) is 32.0 Å². The van der Waals surface area contributed by atoms with Crippen molar-refractivity contribution in [2.45, 2.75) is 51.7 Å². The SMILES string of the molecule is Cc1cccc(C)c1NC(=O)CNC1CCCC(C(F)(F)F)C1. The molecule has 0 heterocycles. The molecule has 0 spiro atoms. The Kier molecular flexibility index (Phi) is 5.68. The maximum absolute atomic E-state index is 12.8. The lowest BCUT2D eigenvalue weighted by atomic mass is 9.85. The molecule has 2 N–H and O–H groups in total. The van der Waals surface area contributed by atoms with Crippen molar-refractivity contribution in [3.8, 4) is 0 Å². The van der Waals surface area contributed by atoms with Crippen molar-refractivity contribution in [1.82, 2.24) is 5.32 Å². The van der Waals surface area contributed by atoms with Crippen LogP contribution in [0.2, 0.25) is 0 Å². The zero-order valence-corrected chi connectivity index (χ0v) is 13.5. The van der Waals surface area contributed by atoms with Crippen LogP contribution < -0.4 is 10.6 Å². The minimum atomic E-state index is -4.14.